The number of hydrogen-bond donors (Lipinski definition) is 2. The summed E-state index contributed by atoms with van der Waals surface area (Å²) in [6, 6.07) is 0.902. The molecule has 0 unspecified atom stereocenters. The Morgan fingerprint density at radius 3 is 2.48 bits per heavy atom. The summed E-state index contributed by atoms with van der Waals surface area (Å²) in [7, 11) is 0. The number of nitrogens with one attached hydrogen (secondary N) is 1. The fourth-order valence-electron chi connectivity index (χ4n) is 2.09. The van der Waals surface area contributed by atoms with Gasteiger partial charge in [-0.05, 0) is 25.3 Å². The molecule has 7 heteroatoms. The van der Waals surface area contributed by atoms with Gasteiger partial charge < -0.3 is 15.3 Å². The van der Waals surface area contributed by atoms with Crippen molar-refractivity contribution in [3.05, 3.63) is 29.3 Å². The summed E-state index contributed by atoms with van der Waals surface area (Å²) in [4.78, 5) is 24.8. The van der Waals surface area contributed by atoms with Gasteiger partial charge in [0.15, 0.2) is 11.6 Å². The minimum absolute atomic E-state index is 0.142. The topological polar surface area (TPSA) is 69.6 Å². The number of aromatic carboxylic acids is 1. The molecule has 2 N–H and O–H groups in total. The standard InChI is InChI=1S/C14H16F2N2O3/c1-2-5-18(8-3-4-8)14(21)17-12-7-11(16)10(15)6-9(12)13(19)20/h6-8H,2-5H2,1H3,(H,17,21)(H,19,20). The van der Waals surface area contributed by atoms with Crippen LogP contribution in [0, 0.1) is 11.6 Å². The molecule has 1 fully saturated rings. The van der Waals surface area contributed by atoms with Crippen LogP contribution >= 0.6 is 0 Å². The molecule has 1 aromatic rings. The van der Waals surface area contributed by atoms with Crippen molar-refractivity contribution in [3.8, 4) is 0 Å². The van der Waals surface area contributed by atoms with Gasteiger partial charge in [-0.2, -0.15) is 0 Å². The van der Waals surface area contributed by atoms with Gasteiger partial charge in [-0.25, -0.2) is 18.4 Å². The first-order valence-corrected chi connectivity index (χ1v) is 6.74. The largest absolute Gasteiger partial charge is 0.478 e. The predicted octanol–water partition coefficient (Wildman–Crippen LogP) is 3.07. The molecule has 5 nitrogen and oxygen atoms in total. The molecule has 0 saturated heterocycles. The smallest absolute Gasteiger partial charge is 0.337 e. The van der Waals surface area contributed by atoms with Crippen LogP contribution in [0.25, 0.3) is 0 Å². The quantitative estimate of drug-likeness (QED) is 0.877. The highest BCUT2D eigenvalue weighted by molar-refractivity contribution is 6.00. The Bertz CT molecular complexity index is 574. The minimum Gasteiger partial charge on any atom is -0.478 e. The van der Waals surface area contributed by atoms with Crippen LogP contribution in [0.5, 0.6) is 0 Å². The maximum atomic E-state index is 13.3. The maximum Gasteiger partial charge on any atom is 0.337 e. The number of carbonyl (C=O) groups excluding carboxylic acids is 1. The van der Waals surface area contributed by atoms with Gasteiger partial charge in [0.25, 0.3) is 0 Å². The number of rotatable bonds is 5. The van der Waals surface area contributed by atoms with E-state index >= 15 is 0 Å². The first kappa shape index (κ1) is 15.2. The summed E-state index contributed by atoms with van der Waals surface area (Å²) >= 11 is 0. The molecule has 0 heterocycles. The Labute approximate surface area is 120 Å². The zero-order valence-electron chi connectivity index (χ0n) is 11.5. The van der Waals surface area contributed by atoms with E-state index in [0.717, 1.165) is 19.3 Å². The SMILES string of the molecule is CCCN(C(=O)Nc1cc(F)c(F)cc1C(=O)O)C1CC1. The highest BCUT2D eigenvalue weighted by atomic mass is 19.2. The van der Waals surface area contributed by atoms with Gasteiger partial charge in [0.05, 0.1) is 11.3 Å². The predicted molar refractivity (Wildman–Crippen MR) is 72.4 cm³/mol. The number of carboxylic acids is 1. The van der Waals surface area contributed by atoms with Crippen molar-refractivity contribution in [1.29, 1.82) is 0 Å². The number of carboxylic acid groups (broad SMARTS) is 1. The van der Waals surface area contributed by atoms with Crippen LogP contribution in [-0.2, 0) is 0 Å². The molecule has 1 aliphatic carbocycles. The molecular formula is C14H16F2N2O3. The number of halogens is 2. The molecule has 2 amide bonds. The van der Waals surface area contributed by atoms with Crippen LogP contribution in [0.3, 0.4) is 0 Å². The molecule has 2 rings (SSSR count). The highest BCUT2D eigenvalue weighted by Crippen LogP contribution is 2.28. The van der Waals surface area contributed by atoms with E-state index in [1.807, 2.05) is 6.92 Å². The number of anilines is 1. The number of hydrogen-bond acceptors (Lipinski definition) is 2. The van der Waals surface area contributed by atoms with E-state index in [1.165, 1.54) is 0 Å². The van der Waals surface area contributed by atoms with Crippen LogP contribution in [0.2, 0.25) is 0 Å². The third kappa shape index (κ3) is 3.48. The van der Waals surface area contributed by atoms with Crippen LogP contribution in [0.4, 0.5) is 19.3 Å². The first-order chi connectivity index (χ1) is 9.93. The van der Waals surface area contributed by atoms with E-state index < -0.39 is 29.2 Å². The van der Waals surface area contributed by atoms with Gasteiger partial charge in [-0.3, -0.25) is 0 Å². The second-order valence-corrected chi connectivity index (χ2v) is 4.97. The summed E-state index contributed by atoms with van der Waals surface area (Å²) in [6.07, 6.45) is 2.56. The molecule has 1 saturated carbocycles. The van der Waals surface area contributed by atoms with Crippen molar-refractivity contribution in [2.24, 2.45) is 0 Å². The molecule has 0 spiro atoms. The Balaban J connectivity index is 2.23. The maximum absolute atomic E-state index is 13.3. The molecule has 0 aromatic heterocycles. The van der Waals surface area contributed by atoms with Gasteiger partial charge in [-0.15, -0.1) is 0 Å². The lowest BCUT2D eigenvalue weighted by Crippen LogP contribution is -2.37. The van der Waals surface area contributed by atoms with Crippen LogP contribution in [0.1, 0.15) is 36.5 Å². The average molecular weight is 298 g/mol. The average Bonchev–Trinajstić information content (AvgIpc) is 3.23. The minimum atomic E-state index is -1.43. The molecule has 0 atom stereocenters. The van der Waals surface area contributed by atoms with E-state index in [2.05, 4.69) is 5.32 Å². The van der Waals surface area contributed by atoms with Gasteiger partial charge in [0, 0.05) is 18.7 Å². The summed E-state index contributed by atoms with van der Waals surface area (Å²) < 4.78 is 26.4. The Morgan fingerprint density at radius 2 is 1.95 bits per heavy atom. The fourth-order valence-corrected chi connectivity index (χ4v) is 2.09. The van der Waals surface area contributed by atoms with Crippen molar-refractivity contribution < 1.29 is 23.5 Å². The molecule has 21 heavy (non-hydrogen) atoms. The van der Waals surface area contributed by atoms with E-state index in [4.69, 9.17) is 5.11 Å². The zero-order valence-corrected chi connectivity index (χ0v) is 11.5. The first-order valence-electron chi connectivity index (χ1n) is 6.74. The number of amides is 2. The molecule has 0 radical (unpaired) electrons. The van der Waals surface area contributed by atoms with Crippen molar-refractivity contribution >= 4 is 17.7 Å². The fraction of sp³-hybridized carbons (Fsp3) is 0.429. The van der Waals surface area contributed by atoms with E-state index in [0.29, 0.717) is 18.7 Å². The second-order valence-electron chi connectivity index (χ2n) is 4.97. The van der Waals surface area contributed by atoms with Gasteiger partial charge in [-0.1, -0.05) is 6.92 Å². The summed E-state index contributed by atoms with van der Waals surface area (Å²) in [6.45, 7) is 2.45. The van der Waals surface area contributed by atoms with Crippen molar-refractivity contribution in [2.75, 3.05) is 11.9 Å². The third-order valence-corrected chi connectivity index (χ3v) is 3.25. The van der Waals surface area contributed by atoms with Crippen molar-refractivity contribution in [1.82, 2.24) is 4.90 Å². The molecular weight excluding hydrogens is 282 g/mol. The summed E-state index contributed by atoms with van der Waals surface area (Å²) in [5, 5.41) is 11.4. The normalized spacial score (nSPS) is 13.9. The highest BCUT2D eigenvalue weighted by Gasteiger charge is 2.32. The van der Waals surface area contributed by atoms with E-state index in [-0.39, 0.29) is 11.7 Å². The lowest BCUT2D eigenvalue weighted by Gasteiger charge is -2.22. The second kappa shape index (κ2) is 6.07. The molecule has 114 valence electrons. The number of carbonyl (C=O) groups is 2. The van der Waals surface area contributed by atoms with Crippen molar-refractivity contribution in [2.45, 2.75) is 32.2 Å². The lowest BCUT2D eigenvalue weighted by atomic mass is 10.1. The van der Waals surface area contributed by atoms with Crippen LogP contribution in [-0.4, -0.2) is 34.6 Å². The molecule has 0 bridgehead atoms. The van der Waals surface area contributed by atoms with Crippen LogP contribution < -0.4 is 5.32 Å². The molecule has 1 aliphatic rings. The number of nitrogens with zero attached hydrogens (tertiary/aromatic N) is 1. The lowest BCUT2D eigenvalue weighted by molar-refractivity contribution is 0.0697. The molecule has 0 aliphatic heterocycles. The summed E-state index contributed by atoms with van der Waals surface area (Å²) in [5.41, 5.74) is -0.720. The number of urea groups is 1. The summed E-state index contributed by atoms with van der Waals surface area (Å²) in [5.74, 6) is -3.90. The van der Waals surface area contributed by atoms with Gasteiger partial charge >= 0.3 is 12.0 Å². The Hall–Kier alpha value is -2.18. The molecule has 1 aromatic carbocycles. The Kier molecular flexibility index (Phi) is 4.40. The number of benzene rings is 1. The van der Waals surface area contributed by atoms with Crippen molar-refractivity contribution in [3.63, 3.8) is 0 Å². The zero-order chi connectivity index (χ0) is 15.6. The van der Waals surface area contributed by atoms with Crippen LogP contribution in [0.15, 0.2) is 12.1 Å². The van der Waals surface area contributed by atoms with Gasteiger partial charge in [0.2, 0.25) is 0 Å². The Morgan fingerprint density at radius 1 is 1.33 bits per heavy atom. The van der Waals surface area contributed by atoms with E-state index in [1.54, 1.807) is 4.90 Å². The van der Waals surface area contributed by atoms with E-state index in [9.17, 15) is 18.4 Å². The van der Waals surface area contributed by atoms with Gasteiger partial charge in [0.1, 0.15) is 0 Å². The third-order valence-electron chi connectivity index (χ3n) is 3.25. The monoisotopic (exact) mass is 298 g/mol.